The number of allylic oxidation sites excluding steroid dienone is 22. The van der Waals surface area contributed by atoms with E-state index in [0.29, 0.717) is 19.3 Å². The van der Waals surface area contributed by atoms with Crippen molar-refractivity contribution in [2.75, 3.05) is 13.2 Å². The van der Waals surface area contributed by atoms with E-state index in [0.717, 1.165) is 135 Å². The van der Waals surface area contributed by atoms with Crippen molar-refractivity contribution >= 4 is 17.9 Å². The average Bonchev–Trinajstić information content (AvgIpc) is 3.46. The summed E-state index contributed by atoms with van der Waals surface area (Å²) in [5.41, 5.74) is 0. The first-order valence-corrected chi connectivity index (χ1v) is 33.7. The summed E-state index contributed by atoms with van der Waals surface area (Å²) >= 11 is 0. The van der Waals surface area contributed by atoms with Gasteiger partial charge in [-0.3, -0.25) is 14.4 Å². The molecule has 0 aliphatic heterocycles. The van der Waals surface area contributed by atoms with Crippen molar-refractivity contribution in [1.82, 2.24) is 0 Å². The van der Waals surface area contributed by atoms with E-state index < -0.39 is 6.10 Å². The molecule has 0 aromatic carbocycles. The molecule has 0 saturated carbocycles. The summed E-state index contributed by atoms with van der Waals surface area (Å²) in [5.74, 6) is -0.904. The van der Waals surface area contributed by atoms with Crippen molar-refractivity contribution in [1.29, 1.82) is 0 Å². The van der Waals surface area contributed by atoms with Crippen LogP contribution in [0, 0.1) is 0 Å². The van der Waals surface area contributed by atoms with E-state index in [-0.39, 0.29) is 31.1 Å². The summed E-state index contributed by atoms with van der Waals surface area (Å²) in [4.78, 5) is 38.4. The van der Waals surface area contributed by atoms with Crippen LogP contribution in [0.3, 0.4) is 0 Å². The van der Waals surface area contributed by atoms with E-state index >= 15 is 0 Å². The van der Waals surface area contributed by atoms with E-state index in [4.69, 9.17) is 14.2 Å². The van der Waals surface area contributed by atoms with Crippen molar-refractivity contribution < 1.29 is 28.6 Å². The zero-order chi connectivity index (χ0) is 58.5. The minimum absolute atomic E-state index is 0.0886. The zero-order valence-corrected chi connectivity index (χ0v) is 52.8. The Hall–Kier alpha value is -4.45. The minimum Gasteiger partial charge on any atom is -0.462 e. The molecule has 460 valence electrons. The van der Waals surface area contributed by atoms with Crippen LogP contribution in [-0.2, 0) is 28.6 Å². The Morgan fingerprint density at radius 2 is 0.481 bits per heavy atom. The molecule has 0 spiro atoms. The third kappa shape index (κ3) is 66.2. The van der Waals surface area contributed by atoms with Gasteiger partial charge in [-0.05, 0) is 135 Å². The monoisotopic (exact) mass is 1120 g/mol. The van der Waals surface area contributed by atoms with Gasteiger partial charge in [0.05, 0.1) is 0 Å². The van der Waals surface area contributed by atoms with Crippen molar-refractivity contribution in [2.24, 2.45) is 0 Å². The van der Waals surface area contributed by atoms with E-state index in [9.17, 15) is 14.4 Å². The molecule has 81 heavy (non-hydrogen) atoms. The Labute approximate surface area is 500 Å². The third-order valence-electron chi connectivity index (χ3n) is 14.1. The first kappa shape index (κ1) is 76.5. The molecule has 0 radical (unpaired) electrons. The number of esters is 3. The molecular formula is C75H124O6. The molecule has 1 unspecified atom stereocenters. The normalized spacial score (nSPS) is 13.0. The lowest BCUT2D eigenvalue weighted by Gasteiger charge is -2.18. The van der Waals surface area contributed by atoms with Gasteiger partial charge in [-0.1, -0.05) is 283 Å². The Balaban J connectivity index is 4.33. The van der Waals surface area contributed by atoms with Gasteiger partial charge < -0.3 is 14.2 Å². The van der Waals surface area contributed by atoms with Gasteiger partial charge in [-0.25, -0.2) is 0 Å². The van der Waals surface area contributed by atoms with Gasteiger partial charge in [0.1, 0.15) is 13.2 Å². The predicted octanol–water partition coefficient (Wildman–Crippen LogP) is 23.3. The van der Waals surface area contributed by atoms with Crippen molar-refractivity contribution in [2.45, 2.75) is 309 Å². The third-order valence-corrected chi connectivity index (χ3v) is 14.1. The van der Waals surface area contributed by atoms with Crippen LogP contribution in [-0.4, -0.2) is 37.2 Å². The molecule has 6 heteroatoms. The zero-order valence-electron chi connectivity index (χ0n) is 52.8. The van der Waals surface area contributed by atoms with Gasteiger partial charge in [0.15, 0.2) is 6.10 Å². The molecule has 0 heterocycles. The van der Waals surface area contributed by atoms with Crippen LogP contribution in [0.25, 0.3) is 0 Å². The molecule has 6 nitrogen and oxygen atoms in total. The van der Waals surface area contributed by atoms with Gasteiger partial charge >= 0.3 is 17.9 Å². The van der Waals surface area contributed by atoms with Crippen molar-refractivity contribution in [3.05, 3.63) is 134 Å². The number of unbranched alkanes of at least 4 members (excludes halogenated alkanes) is 27. The number of carbonyl (C=O) groups excluding carboxylic acids is 3. The molecule has 0 bridgehead atoms. The Kier molecular flexibility index (Phi) is 64.3. The summed E-state index contributed by atoms with van der Waals surface area (Å²) in [6, 6.07) is 0. The lowest BCUT2D eigenvalue weighted by molar-refractivity contribution is -0.167. The van der Waals surface area contributed by atoms with Crippen LogP contribution in [0.15, 0.2) is 134 Å². The maximum Gasteiger partial charge on any atom is 0.306 e. The molecule has 0 aliphatic rings. The highest BCUT2D eigenvalue weighted by Crippen LogP contribution is 2.16. The second kappa shape index (κ2) is 68.1. The van der Waals surface area contributed by atoms with Crippen LogP contribution < -0.4 is 0 Å². The second-order valence-corrected chi connectivity index (χ2v) is 22.0. The highest BCUT2D eigenvalue weighted by atomic mass is 16.6. The maximum atomic E-state index is 12.9. The molecule has 0 N–H and O–H groups in total. The predicted molar refractivity (Wildman–Crippen MR) is 353 cm³/mol. The smallest absolute Gasteiger partial charge is 0.306 e. The standard InChI is InChI=1S/C75H124O6/c1-4-7-10-13-16-19-22-25-27-29-31-33-34-35-36-37-38-39-40-42-43-45-47-50-53-56-59-62-65-68-74(77)80-71-72(70-79-73(76)67-64-61-58-55-52-49-24-21-18-15-12-9-6-3)81-75(78)69-66-63-60-57-54-51-48-46-44-41-32-30-28-26-23-20-17-14-11-8-5-2/h7-8,10-11,16-17,19-21,24-28,31-33,35-36,38-39,41,72H,4-6,9,12-15,18,22-23,29-30,34,37,40,42-71H2,1-3H3/b10-7-,11-8-,19-16-,20-17-,24-21-,27-25-,28-26-,33-31-,36-35-,39-38-,41-32-. The Morgan fingerprint density at radius 1 is 0.259 bits per heavy atom. The fourth-order valence-electron chi connectivity index (χ4n) is 9.14. The lowest BCUT2D eigenvalue weighted by Crippen LogP contribution is -2.30. The molecule has 0 saturated heterocycles. The average molecular weight is 1120 g/mol. The number of hydrogen-bond acceptors (Lipinski definition) is 6. The molecule has 0 aromatic heterocycles. The van der Waals surface area contributed by atoms with Crippen molar-refractivity contribution in [3.8, 4) is 0 Å². The molecule has 0 aromatic rings. The van der Waals surface area contributed by atoms with E-state index in [1.165, 1.54) is 128 Å². The molecule has 0 fully saturated rings. The quantitative estimate of drug-likeness (QED) is 0.0261. The van der Waals surface area contributed by atoms with Gasteiger partial charge in [0, 0.05) is 19.3 Å². The summed E-state index contributed by atoms with van der Waals surface area (Å²) < 4.78 is 16.9. The van der Waals surface area contributed by atoms with Crippen molar-refractivity contribution in [3.63, 3.8) is 0 Å². The Morgan fingerprint density at radius 3 is 0.765 bits per heavy atom. The molecular weight excluding hydrogens is 997 g/mol. The van der Waals surface area contributed by atoms with Gasteiger partial charge in [-0.15, -0.1) is 0 Å². The van der Waals surface area contributed by atoms with E-state index in [1.807, 2.05) is 0 Å². The second-order valence-electron chi connectivity index (χ2n) is 22.0. The first-order chi connectivity index (χ1) is 40.0. The number of rotatable bonds is 60. The first-order valence-electron chi connectivity index (χ1n) is 33.7. The van der Waals surface area contributed by atoms with E-state index in [2.05, 4.69) is 154 Å². The largest absolute Gasteiger partial charge is 0.462 e. The van der Waals surface area contributed by atoms with Crippen LogP contribution in [0.4, 0.5) is 0 Å². The molecule has 0 aliphatic carbocycles. The fraction of sp³-hybridized carbons (Fsp3) is 0.667. The SMILES string of the molecule is CC/C=C\C/C=C\C/C=C\C/C=C\C/C=C\C/C=C\CCCCCCCCCCCCC(=O)OCC(COC(=O)CCCCCCC/C=C\CCCCCC)OC(=O)CCCCCCCCCC/C=C\C/C=C\C/C=C\C/C=C\CC. The maximum absolute atomic E-state index is 12.9. The highest BCUT2D eigenvalue weighted by Gasteiger charge is 2.19. The number of ether oxygens (including phenoxy) is 3. The lowest BCUT2D eigenvalue weighted by atomic mass is 10.1. The molecule has 0 amide bonds. The fourth-order valence-corrected chi connectivity index (χ4v) is 9.14. The molecule has 1 atom stereocenters. The summed E-state index contributed by atoms with van der Waals surface area (Å²) in [7, 11) is 0. The molecule has 0 rings (SSSR count). The highest BCUT2D eigenvalue weighted by molar-refractivity contribution is 5.71. The number of carbonyl (C=O) groups is 3. The topological polar surface area (TPSA) is 78.9 Å². The summed E-state index contributed by atoms with van der Waals surface area (Å²) in [5, 5.41) is 0. The van der Waals surface area contributed by atoms with Crippen LogP contribution in [0.5, 0.6) is 0 Å². The number of hydrogen-bond donors (Lipinski definition) is 0. The summed E-state index contributed by atoms with van der Waals surface area (Å²) in [6.07, 6.45) is 96.0. The Bertz CT molecular complexity index is 1720. The van der Waals surface area contributed by atoms with E-state index in [1.54, 1.807) is 0 Å². The minimum atomic E-state index is -0.793. The van der Waals surface area contributed by atoms with Gasteiger partial charge in [-0.2, -0.15) is 0 Å². The summed E-state index contributed by atoms with van der Waals surface area (Å²) in [6.45, 7) is 6.40. The van der Waals surface area contributed by atoms with Gasteiger partial charge in [0.2, 0.25) is 0 Å². The van der Waals surface area contributed by atoms with Gasteiger partial charge in [0.25, 0.3) is 0 Å². The van der Waals surface area contributed by atoms with Crippen LogP contribution in [0.2, 0.25) is 0 Å². The van der Waals surface area contributed by atoms with Crippen LogP contribution in [0.1, 0.15) is 303 Å². The van der Waals surface area contributed by atoms with Crippen LogP contribution >= 0.6 is 0 Å².